The highest BCUT2D eigenvalue weighted by Crippen LogP contribution is 2.19. The molecule has 1 aliphatic rings. The zero-order chi connectivity index (χ0) is 14.3. The lowest BCUT2D eigenvalue weighted by atomic mass is 10.4. The van der Waals surface area contributed by atoms with Gasteiger partial charge in [-0.05, 0) is 6.92 Å². The summed E-state index contributed by atoms with van der Waals surface area (Å²) in [5.41, 5.74) is 0. The lowest BCUT2D eigenvalue weighted by molar-refractivity contribution is -0.148. The lowest BCUT2D eigenvalue weighted by Crippen LogP contribution is -2.48. The van der Waals surface area contributed by atoms with Crippen LogP contribution in [0.1, 0.15) is 6.92 Å². The molecule has 19 heavy (non-hydrogen) atoms. The molecule has 112 valence electrons. The predicted octanol–water partition coefficient (Wildman–Crippen LogP) is -0.0144. The second-order valence-corrected chi connectivity index (χ2v) is 7.61. The van der Waals surface area contributed by atoms with Crippen LogP contribution in [0.25, 0.3) is 0 Å². The SMILES string of the molecule is CCOC(=O)COCCN1CCSCC1S(C)(=O)=O. The van der Waals surface area contributed by atoms with E-state index in [1.54, 1.807) is 18.7 Å². The first-order chi connectivity index (χ1) is 8.95. The molecule has 0 aromatic carbocycles. The molecule has 0 amide bonds. The summed E-state index contributed by atoms with van der Waals surface area (Å²) in [6, 6.07) is 0. The molecule has 1 fully saturated rings. The van der Waals surface area contributed by atoms with Gasteiger partial charge in [-0.2, -0.15) is 11.8 Å². The Bertz CT molecular complexity index is 385. The maximum atomic E-state index is 11.7. The molecule has 0 aromatic rings. The van der Waals surface area contributed by atoms with Gasteiger partial charge in [-0.3, -0.25) is 4.90 Å². The normalized spacial score (nSPS) is 21.3. The van der Waals surface area contributed by atoms with E-state index in [-0.39, 0.29) is 6.61 Å². The van der Waals surface area contributed by atoms with Crippen molar-refractivity contribution in [1.29, 1.82) is 0 Å². The Morgan fingerprint density at radius 3 is 2.84 bits per heavy atom. The lowest BCUT2D eigenvalue weighted by Gasteiger charge is -2.33. The monoisotopic (exact) mass is 311 g/mol. The maximum absolute atomic E-state index is 11.7. The number of hydrogen-bond acceptors (Lipinski definition) is 7. The van der Waals surface area contributed by atoms with E-state index >= 15 is 0 Å². The van der Waals surface area contributed by atoms with Gasteiger partial charge in [-0.25, -0.2) is 13.2 Å². The minimum absolute atomic E-state index is 0.0834. The number of esters is 1. The van der Waals surface area contributed by atoms with Gasteiger partial charge >= 0.3 is 5.97 Å². The molecule has 1 unspecified atom stereocenters. The van der Waals surface area contributed by atoms with Crippen molar-refractivity contribution in [2.45, 2.75) is 12.3 Å². The highest BCUT2D eigenvalue weighted by Gasteiger charge is 2.30. The minimum atomic E-state index is -3.08. The number of nitrogens with zero attached hydrogens (tertiary/aromatic N) is 1. The van der Waals surface area contributed by atoms with Crippen LogP contribution in [-0.2, 0) is 24.1 Å². The van der Waals surface area contributed by atoms with Crippen LogP contribution in [0.4, 0.5) is 0 Å². The second kappa shape index (κ2) is 8.08. The van der Waals surface area contributed by atoms with Crippen LogP contribution >= 0.6 is 11.8 Å². The van der Waals surface area contributed by atoms with Crippen LogP contribution in [0.2, 0.25) is 0 Å². The van der Waals surface area contributed by atoms with Crippen molar-refractivity contribution in [3.05, 3.63) is 0 Å². The number of carbonyl (C=O) groups excluding carboxylic acids is 1. The molecule has 1 heterocycles. The molecule has 0 aliphatic carbocycles. The number of ether oxygens (including phenoxy) is 2. The molecule has 1 aliphatic heterocycles. The quantitative estimate of drug-likeness (QED) is 0.483. The Hall–Kier alpha value is -0.310. The molecule has 0 saturated carbocycles. The van der Waals surface area contributed by atoms with Gasteiger partial charge in [0.05, 0.1) is 13.2 Å². The Morgan fingerprint density at radius 1 is 1.47 bits per heavy atom. The summed E-state index contributed by atoms with van der Waals surface area (Å²) < 4.78 is 33.2. The Morgan fingerprint density at radius 2 is 2.21 bits per heavy atom. The van der Waals surface area contributed by atoms with Crippen LogP contribution in [0.5, 0.6) is 0 Å². The van der Waals surface area contributed by atoms with Crippen molar-refractivity contribution in [2.75, 3.05) is 50.7 Å². The van der Waals surface area contributed by atoms with Gasteiger partial charge < -0.3 is 9.47 Å². The topological polar surface area (TPSA) is 72.9 Å². The van der Waals surface area contributed by atoms with Crippen LogP contribution in [0.3, 0.4) is 0 Å². The zero-order valence-corrected chi connectivity index (χ0v) is 13.0. The second-order valence-electron chi connectivity index (χ2n) is 4.25. The third kappa shape index (κ3) is 6.11. The van der Waals surface area contributed by atoms with Gasteiger partial charge in [0.25, 0.3) is 0 Å². The largest absolute Gasteiger partial charge is 0.464 e. The molecule has 1 saturated heterocycles. The smallest absolute Gasteiger partial charge is 0.332 e. The van der Waals surface area contributed by atoms with Gasteiger partial charge in [0.1, 0.15) is 12.0 Å². The molecule has 1 rings (SSSR count). The van der Waals surface area contributed by atoms with Crippen LogP contribution < -0.4 is 0 Å². The number of hydrogen-bond donors (Lipinski definition) is 0. The summed E-state index contributed by atoms with van der Waals surface area (Å²) in [6.45, 7) is 3.56. The third-order valence-electron chi connectivity index (χ3n) is 2.73. The minimum Gasteiger partial charge on any atom is -0.464 e. The van der Waals surface area contributed by atoms with E-state index in [1.807, 2.05) is 4.90 Å². The van der Waals surface area contributed by atoms with Gasteiger partial charge in [-0.1, -0.05) is 0 Å². The molecule has 6 nitrogen and oxygen atoms in total. The summed E-state index contributed by atoms with van der Waals surface area (Å²) in [7, 11) is -3.08. The number of carbonyl (C=O) groups is 1. The Labute approximate surface area is 118 Å². The van der Waals surface area contributed by atoms with Crippen molar-refractivity contribution < 1.29 is 22.7 Å². The summed E-state index contributed by atoms with van der Waals surface area (Å²) in [5, 5.41) is -0.447. The average Bonchev–Trinajstić information content (AvgIpc) is 2.34. The molecule has 0 radical (unpaired) electrons. The van der Waals surface area contributed by atoms with E-state index < -0.39 is 21.2 Å². The van der Waals surface area contributed by atoms with Crippen molar-refractivity contribution >= 4 is 27.6 Å². The molecule has 0 N–H and O–H groups in total. The predicted molar refractivity (Wildman–Crippen MR) is 75.0 cm³/mol. The molecule has 1 atom stereocenters. The number of sulfone groups is 1. The number of thioether (sulfide) groups is 1. The van der Waals surface area contributed by atoms with E-state index in [9.17, 15) is 13.2 Å². The van der Waals surface area contributed by atoms with E-state index in [2.05, 4.69) is 0 Å². The molecular formula is C11H21NO5S2. The molecule has 0 bridgehead atoms. The Kier molecular flexibility index (Phi) is 7.12. The average molecular weight is 311 g/mol. The maximum Gasteiger partial charge on any atom is 0.332 e. The van der Waals surface area contributed by atoms with Gasteiger partial charge in [0.15, 0.2) is 9.84 Å². The molecule has 8 heteroatoms. The first kappa shape index (κ1) is 16.7. The molecular weight excluding hydrogens is 290 g/mol. The zero-order valence-electron chi connectivity index (χ0n) is 11.3. The van der Waals surface area contributed by atoms with Crippen molar-refractivity contribution in [1.82, 2.24) is 4.90 Å². The van der Waals surface area contributed by atoms with Crippen LogP contribution in [0.15, 0.2) is 0 Å². The summed E-state index contributed by atoms with van der Waals surface area (Å²) in [5.74, 6) is 1.12. The Balaban J connectivity index is 2.32. The van der Waals surface area contributed by atoms with Crippen LogP contribution in [-0.4, -0.2) is 75.3 Å². The van der Waals surface area contributed by atoms with Crippen LogP contribution in [0, 0.1) is 0 Å². The van der Waals surface area contributed by atoms with Gasteiger partial charge in [0, 0.05) is 30.9 Å². The fourth-order valence-corrected chi connectivity index (χ4v) is 4.78. The summed E-state index contributed by atoms with van der Waals surface area (Å²) in [6.07, 6.45) is 1.26. The highest BCUT2D eigenvalue weighted by molar-refractivity contribution is 8.00. The fraction of sp³-hybridized carbons (Fsp3) is 0.909. The first-order valence-electron chi connectivity index (χ1n) is 6.19. The standard InChI is InChI=1S/C11H21NO5S2/c1-3-17-11(13)8-16-6-4-12-5-7-18-9-10(12)19(2,14)15/h10H,3-9H2,1-2H3. The van der Waals surface area contributed by atoms with Crippen molar-refractivity contribution in [2.24, 2.45) is 0 Å². The van der Waals surface area contributed by atoms with E-state index in [1.165, 1.54) is 6.26 Å². The van der Waals surface area contributed by atoms with E-state index in [0.29, 0.717) is 25.5 Å². The fourth-order valence-electron chi connectivity index (χ4n) is 1.81. The third-order valence-corrected chi connectivity index (χ3v) is 5.42. The molecule has 0 spiro atoms. The number of rotatable bonds is 7. The van der Waals surface area contributed by atoms with Gasteiger partial charge in [-0.15, -0.1) is 0 Å². The van der Waals surface area contributed by atoms with E-state index in [4.69, 9.17) is 9.47 Å². The first-order valence-corrected chi connectivity index (χ1v) is 9.30. The van der Waals surface area contributed by atoms with Gasteiger partial charge in [0.2, 0.25) is 0 Å². The highest BCUT2D eigenvalue weighted by atomic mass is 32.2. The van der Waals surface area contributed by atoms with Crippen molar-refractivity contribution in [3.63, 3.8) is 0 Å². The summed E-state index contributed by atoms with van der Waals surface area (Å²) in [4.78, 5) is 13.0. The van der Waals surface area contributed by atoms with Crippen molar-refractivity contribution in [3.8, 4) is 0 Å². The molecule has 0 aromatic heterocycles. The summed E-state index contributed by atoms with van der Waals surface area (Å²) >= 11 is 1.65. The van der Waals surface area contributed by atoms with E-state index in [0.717, 1.165) is 12.3 Å².